The Labute approximate surface area is 114 Å². The zero-order valence-corrected chi connectivity index (χ0v) is 11.8. The first-order chi connectivity index (χ1) is 9.17. The fourth-order valence-electron chi connectivity index (χ4n) is 2.30. The summed E-state index contributed by atoms with van der Waals surface area (Å²) in [6.07, 6.45) is 6.28. The lowest BCUT2D eigenvalue weighted by atomic mass is 9.93. The first-order valence-corrected chi connectivity index (χ1v) is 7.20. The Bertz CT molecular complexity index is 391. The van der Waals surface area contributed by atoms with Gasteiger partial charge in [-0.2, -0.15) is 0 Å². The largest absolute Gasteiger partial charge is 0.393 e. The Kier molecular flexibility index (Phi) is 4.96. The van der Waals surface area contributed by atoms with Crippen molar-refractivity contribution in [3.8, 4) is 0 Å². The van der Waals surface area contributed by atoms with Crippen molar-refractivity contribution in [3.05, 3.63) is 12.4 Å². The van der Waals surface area contributed by atoms with Crippen molar-refractivity contribution in [2.75, 3.05) is 10.6 Å². The maximum Gasteiger partial charge on any atom is 0.131 e. The summed E-state index contributed by atoms with van der Waals surface area (Å²) in [7, 11) is 0. The highest BCUT2D eigenvalue weighted by molar-refractivity contribution is 5.47. The van der Waals surface area contributed by atoms with Crippen molar-refractivity contribution >= 4 is 11.6 Å². The molecule has 0 saturated heterocycles. The molecule has 2 rings (SSSR count). The van der Waals surface area contributed by atoms with Crippen molar-refractivity contribution in [3.63, 3.8) is 0 Å². The van der Waals surface area contributed by atoms with E-state index in [0.29, 0.717) is 12.1 Å². The third kappa shape index (κ3) is 4.35. The van der Waals surface area contributed by atoms with E-state index in [0.717, 1.165) is 43.7 Å². The van der Waals surface area contributed by atoms with Gasteiger partial charge in [0.05, 0.1) is 6.10 Å². The summed E-state index contributed by atoms with van der Waals surface area (Å²) in [4.78, 5) is 8.49. The highest BCUT2D eigenvalue weighted by atomic mass is 16.3. The molecule has 0 spiro atoms. The Morgan fingerprint density at radius 2 is 1.95 bits per heavy atom. The SMILES string of the molecule is CCC(C)Nc1cc(NC2CCC(O)CC2)ncn1. The van der Waals surface area contributed by atoms with Crippen LogP contribution in [-0.2, 0) is 0 Å². The van der Waals surface area contributed by atoms with Crippen molar-refractivity contribution in [1.29, 1.82) is 0 Å². The number of aliphatic hydroxyl groups is 1. The third-order valence-electron chi connectivity index (χ3n) is 3.72. The van der Waals surface area contributed by atoms with E-state index in [9.17, 15) is 5.11 Å². The number of hydrogen-bond acceptors (Lipinski definition) is 5. The highest BCUT2D eigenvalue weighted by Crippen LogP contribution is 2.22. The number of rotatable bonds is 5. The Balaban J connectivity index is 1.91. The van der Waals surface area contributed by atoms with E-state index in [4.69, 9.17) is 0 Å². The van der Waals surface area contributed by atoms with Gasteiger partial charge in [-0.05, 0) is 39.0 Å². The van der Waals surface area contributed by atoms with Crippen LogP contribution in [0, 0.1) is 0 Å². The van der Waals surface area contributed by atoms with Crippen LogP contribution in [0.2, 0.25) is 0 Å². The normalized spacial score (nSPS) is 24.8. The Morgan fingerprint density at radius 1 is 1.26 bits per heavy atom. The molecule has 1 saturated carbocycles. The molecule has 106 valence electrons. The highest BCUT2D eigenvalue weighted by Gasteiger charge is 2.19. The maximum absolute atomic E-state index is 9.50. The predicted octanol–water partition coefficient (Wildman–Crippen LogP) is 2.40. The van der Waals surface area contributed by atoms with Crippen LogP contribution in [0.15, 0.2) is 12.4 Å². The van der Waals surface area contributed by atoms with Crippen LogP contribution in [-0.4, -0.2) is 33.3 Å². The summed E-state index contributed by atoms with van der Waals surface area (Å²) in [5.74, 6) is 1.73. The summed E-state index contributed by atoms with van der Waals surface area (Å²) in [6, 6.07) is 2.78. The quantitative estimate of drug-likeness (QED) is 0.762. The molecule has 3 N–H and O–H groups in total. The molecule has 5 nitrogen and oxygen atoms in total. The summed E-state index contributed by atoms with van der Waals surface area (Å²) in [5.41, 5.74) is 0. The lowest BCUT2D eigenvalue weighted by Gasteiger charge is -2.26. The molecular weight excluding hydrogens is 240 g/mol. The zero-order chi connectivity index (χ0) is 13.7. The monoisotopic (exact) mass is 264 g/mol. The van der Waals surface area contributed by atoms with Gasteiger partial charge in [0, 0.05) is 18.2 Å². The molecule has 0 aromatic carbocycles. The third-order valence-corrected chi connectivity index (χ3v) is 3.72. The topological polar surface area (TPSA) is 70.1 Å². The molecule has 1 aliphatic carbocycles. The standard InChI is InChI=1S/C14H24N4O/c1-3-10(2)17-13-8-14(16-9-15-13)18-11-4-6-12(19)7-5-11/h8-12,19H,3-7H2,1-2H3,(H2,15,16,17,18). The molecule has 1 aromatic rings. The molecule has 5 heteroatoms. The lowest BCUT2D eigenvalue weighted by Crippen LogP contribution is -2.28. The molecule has 1 aliphatic rings. The van der Waals surface area contributed by atoms with E-state index in [1.807, 2.05) is 6.07 Å². The van der Waals surface area contributed by atoms with E-state index in [-0.39, 0.29) is 6.10 Å². The molecule has 0 amide bonds. The van der Waals surface area contributed by atoms with Crippen LogP contribution >= 0.6 is 0 Å². The molecule has 1 fully saturated rings. The summed E-state index contributed by atoms with van der Waals surface area (Å²) in [6.45, 7) is 4.28. The van der Waals surface area contributed by atoms with Gasteiger partial charge >= 0.3 is 0 Å². The van der Waals surface area contributed by atoms with Crippen LogP contribution in [0.5, 0.6) is 0 Å². The van der Waals surface area contributed by atoms with Crippen LogP contribution in [0.25, 0.3) is 0 Å². The predicted molar refractivity (Wildman–Crippen MR) is 77.3 cm³/mol. The van der Waals surface area contributed by atoms with Gasteiger partial charge in [0.1, 0.15) is 18.0 Å². The Hall–Kier alpha value is -1.36. The Morgan fingerprint density at radius 3 is 2.63 bits per heavy atom. The van der Waals surface area contributed by atoms with E-state index < -0.39 is 0 Å². The van der Waals surface area contributed by atoms with Crippen molar-refractivity contribution in [1.82, 2.24) is 9.97 Å². The van der Waals surface area contributed by atoms with Crippen molar-refractivity contribution in [2.45, 2.75) is 64.1 Å². The lowest BCUT2D eigenvalue weighted by molar-refractivity contribution is 0.126. The number of anilines is 2. The average molecular weight is 264 g/mol. The van der Waals surface area contributed by atoms with Crippen LogP contribution in [0.1, 0.15) is 46.0 Å². The number of hydrogen-bond donors (Lipinski definition) is 3. The molecule has 0 radical (unpaired) electrons. The summed E-state index contributed by atoms with van der Waals surface area (Å²) >= 11 is 0. The van der Waals surface area contributed by atoms with Gasteiger partial charge in [0.2, 0.25) is 0 Å². The molecule has 1 heterocycles. The van der Waals surface area contributed by atoms with Gasteiger partial charge in [0.15, 0.2) is 0 Å². The summed E-state index contributed by atoms with van der Waals surface area (Å²) in [5, 5.41) is 16.3. The molecule has 0 aliphatic heterocycles. The molecule has 1 aromatic heterocycles. The van der Waals surface area contributed by atoms with Crippen LogP contribution < -0.4 is 10.6 Å². The molecule has 1 unspecified atom stereocenters. The van der Waals surface area contributed by atoms with Crippen LogP contribution in [0.3, 0.4) is 0 Å². The van der Waals surface area contributed by atoms with Gasteiger partial charge in [0.25, 0.3) is 0 Å². The number of aromatic nitrogens is 2. The maximum atomic E-state index is 9.50. The van der Waals surface area contributed by atoms with Gasteiger partial charge < -0.3 is 15.7 Å². The van der Waals surface area contributed by atoms with Gasteiger partial charge in [-0.3, -0.25) is 0 Å². The van der Waals surface area contributed by atoms with E-state index in [1.165, 1.54) is 0 Å². The van der Waals surface area contributed by atoms with Crippen molar-refractivity contribution in [2.24, 2.45) is 0 Å². The van der Waals surface area contributed by atoms with Crippen LogP contribution in [0.4, 0.5) is 11.6 Å². The number of aliphatic hydroxyl groups excluding tert-OH is 1. The molecule has 0 bridgehead atoms. The van der Waals surface area contributed by atoms with Gasteiger partial charge in [-0.1, -0.05) is 6.92 Å². The van der Waals surface area contributed by atoms with E-state index in [1.54, 1.807) is 6.33 Å². The molecule has 1 atom stereocenters. The second-order valence-electron chi connectivity index (χ2n) is 5.39. The average Bonchev–Trinajstić information content (AvgIpc) is 2.42. The minimum Gasteiger partial charge on any atom is -0.393 e. The second kappa shape index (κ2) is 6.70. The minimum atomic E-state index is -0.119. The fraction of sp³-hybridized carbons (Fsp3) is 0.714. The van der Waals surface area contributed by atoms with E-state index >= 15 is 0 Å². The first-order valence-electron chi connectivity index (χ1n) is 7.20. The number of nitrogens with zero attached hydrogens (tertiary/aromatic N) is 2. The van der Waals surface area contributed by atoms with Gasteiger partial charge in [-0.15, -0.1) is 0 Å². The van der Waals surface area contributed by atoms with Gasteiger partial charge in [-0.25, -0.2) is 9.97 Å². The van der Waals surface area contributed by atoms with E-state index in [2.05, 4.69) is 34.4 Å². The summed E-state index contributed by atoms with van der Waals surface area (Å²) < 4.78 is 0. The zero-order valence-electron chi connectivity index (χ0n) is 11.8. The minimum absolute atomic E-state index is 0.119. The molecule has 19 heavy (non-hydrogen) atoms. The van der Waals surface area contributed by atoms with Crippen molar-refractivity contribution < 1.29 is 5.11 Å². The number of nitrogens with one attached hydrogen (secondary N) is 2. The molecular formula is C14H24N4O. The first kappa shape index (κ1) is 14.1. The second-order valence-corrected chi connectivity index (χ2v) is 5.39. The smallest absolute Gasteiger partial charge is 0.131 e. The fourth-order valence-corrected chi connectivity index (χ4v) is 2.30.